The van der Waals surface area contributed by atoms with E-state index in [-0.39, 0.29) is 12.2 Å². The molecule has 0 amide bonds. The first kappa shape index (κ1) is 16.3. The quantitative estimate of drug-likeness (QED) is 0.492. The summed E-state index contributed by atoms with van der Waals surface area (Å²) in [5.74, 6) is -0.00900. The Morgan fingerprint density at radius 2 is 1.81 bits per heavy atom. The molecule has 7 nitrogen and oxygen atoms in total. The van der Waals surface area contributed by atoms with Crippen LogP contribution in [0.3, 0.4) is 0 Å². The number of hydrogen-bond donors (Lipinski definition) is 3. The van der Waals surface area contributed by atoms with Gasteiger partial charge in [0.15, 0.2) is 5.78 Å². The molecule has 0 saturated heterocycles. The van der Waals surface area contributed by atoms with Gasteiger partial charge in [0.05, 0.1) is 11.4 Å². The molecule has 0 fully saturated rings. The number of rotatable bonds is 4. The summed E-state index contributed by atoms with van der Waals surface area (Å²) < 4.78 is 0. The van der Waals surface area contributed by atoms with Gasteiger partial charge in [-0.3, -0.25) is 15.0 Å². The van der Waals surface area contributed by atoms with Gasteiger partial charge in [0, 0.05) is 40.5 Å². The molecule has 4 aromatic heterocycles. The van der Waals surface area contributed by atoms with Gasteiger partial charge in [-0.2, -0.15) is 10.2 Å². The zero-order valence-corrected chi connectivity index (χ0v) is 15.2. The highest BCUT2D eigenvalue weighted by molar-refractivity contribution is 5.97. The van der Waals surface area contributed by atoms with E-state index in [2.05, 4.69) is 30.4 Å². The van der Waals surface area contributed by atoms with Crippen LogP contribution >= 0.6 is 0 Å². The average molecular weight is 348 g/mol. The van der Waals surface area contributed by atoms with Crippen molar-refractivity contribution in [2.45, 2.75) is 34.1 Å². The minimum atomic E-state index is -0.00900. The van der Waals surface area contributed by atoms with Crippen LogP contribution in [0.4, 0.5) is 0 Å². The molecule has 0 aromatic carbocycles. The van der Waals surface area contributed by atoms with Crippen LogP contribution in [0.15, 0.2) is 18.3 Å². The van der Waals surface area contributed by atoms with Gasteiger partial charge in [-0.1, -0.05) is 0 Å². The lowest BCUT2D eigenvalue weighted by Crippen LogP contribution is -2.06. The maximum Gasteiger partial charge on any atom is 0.187 e. The average Bonchev–Trinajstić information content (AvgIpc) is 3.26. The van der Waals surface area contributed by atoms with E-state index < -0.39 is 0 Å². The summed E-state index contributed by atoms with van der Waals surface area (Å²) in [7, 11) is 0. The van der Waals surface area contributed by atoms with E-state index in [0.29, 0.717) is 5.69 Å². The standard InChI is InChI=1S/C19H20N6O/c1-9-10(2)22-25-18(9)16(26)6-13-5-14-7-15(21-19(14)20-8-13)17-11(3)23-24-12(17)4/h5,7-8H,6H2,1-4H3,(H,20,21)(H,22,25)(H,23,24). The third-order valence-electron chi connectivity index (χ3n) is 4.81. The van der Waals surface area contributed by atoms with E-state index in [1.807, 2.05) is 39.8 Å². The lowest BCUT2D eigenvalue weighted by Gasteiger charge is -2.00. The van der Waals surface area contributed by atoms with E-state index in [4.69, 9.17) is 0 Å². The first-order valence-corrected chi connectivity index (χ1v) is 8.48. The first-order valence-electron chi connectivity index (χ1n) is 8.48. The molecule has 4 heterocycles. The van der Waals surface area contributed by atoms with Gasteiger partial charge in [-0.15, -0.1) is 0 Å². The molecule has 0 radical (unpaired) electrons. The summed E-state index contributed by atoms with van der Waals surface area (Å²) in [6.45, 7) is 7.78. The fourth-order valence-electron chi connectivity index (χ4n) is 3.27. The molecule has 4 aromatic rings. The predicted molar refractivity (Wildman–Crippen MR) is 99.2 cm³/mol. The Hall–Kier alpha value is -3.22. The molecule has 0 aliphatic rings. The number of aromatic nitrogens is 6. The molecule has 0 unspecified atom stereocenters. The van der Waals surface area contributed by atoms with Crippen molar-refractivity contribution in [3.05, 3.63) is 52.2 Å². The summed E-state index contributed by atoms with van der Waals surface area (Å²) >= 11 is 0. The normalized spacial score (nSPS) is 11.4. The van der Waals surface area contributed by atoms with E-state index >= 15 is 0 Å². The smallest absolute Gasteiger partial charge is 0.187 e. The molecule has 7 heteroatoms. The van der Waals surface area contributed by atoms with Crippen LogP contribution < -0.4 is 0 Å². The maximum absolute atomic E-state index is 12.5. The van der Waals surface area contributed by atoms with E-state index in [9.17, 15) is 4.79 Å². The van der Waals surface area contributed by atoms with Gasteiger partial charge in [0.2, 0.25) is 0 Å². The number of nitrogens with one attached hydrogen (secondary N) is 3. The second-order valence-electron chi connectivity index (χ2n) is 6.70. The van der Waals surface area contributed by atoms with Crippen molar-refractivity contribution in [1.82, 2.24) is 30.4 Å². The van der Waals surface area contributed by atoms with E-state index in [1.54, 1.807) is 6.20 Å². The van der Waals surface area contributed by atoms with Crippen molar-refractivity contribution < 1.29 is 4.79 Å². The van der Waals surface area contributed by atoms with Crippen molar-refractivity contribution in [3.63, 3.8) is 0 Å². The Bertz CT molecular complexity index is 1110. The van der Waals surface area contributed by atoms with E-state index in [0.717, 1.165) is 50.5 Å². The summed E-state index contributed by atoms with van der Waals surface area (Å²) in [5.41, 5.74) is 7.96. The minimum Gasteiger partial charge on any atom is -0.339 e. The molecule has 26 heavy (non-hydrogen) atoms. The van der Waals surface area contributed by atoms with Crippen molar-refractivity contribution in [3.8, 4) is 11.3 Å². The Morgan fingerprint density at radius 3 is 2.46 bits per heavy atom. The number of aromatic amines is 3. The van der Waals surface area contributed by atoms with Crippen LogP contribution in [-0.2, 0) is 6.42 Å². The molecule has 0 bridgehead atoms. The lowest BCUT2D eigenvalue weighted by molar-refractivity contribution is 0.0987. The molecule has 0 aliphatic carbocycles. The minimum absolute atomic E-state index is 0.00900. The summed E-state index contributed by atoms with van der Waals surface area (Å²) in [5, 5.41) is 15.2. The topological polar surface area (TPSA) is 103 Å². The van der Waals surface area contributed by atoms with E-state index in [1.165, 1.54) is 0 Å². The summed E-state index contributed by atoms with van der Waals surface area (Å²) in [6, 6.07) is 4.05. The number of nitrogens with zero attached hydrogens (tertiary/aromatic N) is 3. The van der Waals surface area contributed by atoms with Crippen LogP contribution in [0, 0.1) is 27.7 Å². The zero-order chi connectivity index (χ0) is 18.4. The second-order valence-corrected chi connectivity index (χ2v) is 6.70. The highest BCUT2D eigenvalue weighted by Crippen LogP contribution is 2.28. The van der Waals surface area contributed by atoms with Crippen molar-refractivity contribution in [2.24, 2.45) is 0 Å². The number of pyridine rings is 1. The molecule has 0 saturated carbocycles. The highest BCUT2D eigenvalue weighted by atomic mass is 16.1. The fraction of sp³-hybridized carbons (Fsp3) is 0.263. The lowest BCUT2D eigenvalue weighted by atomic mass is 10.0. The Morgan fingerprint density at radius 1 is 1.04 bits per heavy atom. The Kier molecular flexibility index (Phi) is 3.72. The number of H-pyrrole nitrogens is 3. The van der Waals surface area contributed by atoms with Crippen molar-refractivity contribution in [2.75, 3.05) is 0 Å². The first-order chi connectivity index (χ1) is 12.4. The van der Waals surface area contributed by atoms with Gasteiger partial charge in [0.25, 0.3) is 0 Å². The molecule has 0 aliphatic heterocycles. The number of aryl methyl sites for hydroxylation is 3. The summed E-state index contributed by atoms with van der Waals surface area (Å²) in [6.07, 6.45) is 2.02. The van der Waals surface area contributed by atoms with Gasteiger partial charge in [-0.25, -0.2) is 4.98 Å². The number of carbonyl (C=O) groups excluding carboxylic acids is 1. The SMILES string of the molecule is Cc1n[nH]c(C)c1-c1cc2cc(CC(=O)c3n[nH]c(C)c3C)cnc2[nH]1. The molecule has 0 spiro atoms. The third-order valence-corrected chi connectivity index (χ3v) is 4.81. The van der Waals surface area contributed by atoms with Crippen LogP contribution in [-0.4, -0.2) is 36.1 Å². The van der Waals surface area contributed by atoms with Crippen LogP contribution in [0.1, 0.15) is 38.7 Å². The highest BCUT2D eigenvalue weighted by Gasteiger charge is 2.16. The maximum atomic E-state index is 12.5. The monoisotopic (exact) mass is 348 g/mol. The Balaban J connectivity index is 1.66. The van der Waals surface area contributed by atoms with Crippen LogP contribution in [0.2, 0.25) is 0 Å². The summed E-state index contributed by atoms with van der Waals surface area (Å²) in [4.78, 5) is 20.3. The molecular formula is C19H20N6O. The van der Waals surface area contributed by atoms with Crippen molar-refractivity contribution >= 4 is 16.8 Å². The third kappa shape index (κ3) is 2.61. The Labute approximate surface area is 150 Å². The number of ketones is 1. The second kappa shape index (κ2) is 5.94. The number of carbonyl (C=O) groups is 1. The number of hydrogen-bond acceptors (Lipinski definition) is 4. The fourth-order valence-corrected chi connectivity index (χ4v) is 3.27. The van der Waals surface area contributed by atoms with Gasteiger partial charge in [-0.05, 0) is 45.4 Å². The molecule has 132 valence electrons. The van der Waals surface area contributed by atoms with Gasteiger partial charge < -0.3 is 4.98 Å². The molecular weight excluding hydrogens is 328 g/mol. The number of Topliss-reactive ketones (excluding diaryl/α,β-unsaturated/α-hetero) is 1. The molecule has 3 N–H and O–H groups in total. The predicted octanol–water partition coefficient (Wildman–Crippen LogP) is 3.34. The van der Waals surface area contributed by atoms with Crippen LogP contribution in [0.5, 0.6) is 0 Å². The molecule has 4 rings (SSSR count). The largest absolute Gasteiger partial charge is 0.339 e. The van der Waals surface area contributed by atoms with Gasteiger partial charge >= 0.3 is 0 Å². The van der Waals surface area contributed by atoms with Crippen molar-refractivity contribution in [1.29, 1.82) is 0 Å². The number of fused-ring (bicyclic) bond motifs is 1. The zero-order valence-electron chi connectivity index (χ0n) is 15.2. The molecule has 0 atom stereocenters. The van der Waals surface area contributed by atoms with Crippen LogP contribution in [0.25, 0.3) is 22.3 Å². The van der Waals surface area contributed by atoms with Gasteiger partial charge in [0.1, 0.15) is 11.3 Å².